The zero-order chi connectivity index (χ0) is 13.0. The summed E-state index contributed by atoms with van der Waals surface area (Å²) in [6.45, 7) is 2.50. The number of nitrogens with one attached hydrogen (secondary N) is 1. The van der Waals surface area contributed by atoms with Gasteiger partial charge >= 0.3 is 0 Å². The number of benzene rings is 1. The second kappa shape index (κ2) is 6.01. The maximum atomic E-state index is 12.0. The van der Waals surface area contributed by atoms with Crippen LogP contribution in [0.4, 0.5) is 5.69 Å². The first-order valence-corrected chi connectivity index (χ1v) is 6.72. The van der Waals surface area contributed by atoms with E-state index in [0.29, 0.717) is 12.6 Å². The molecule has 1 aliphatic carbocycles. The second-order valence-electron chi connectivity index (χ2n) is 5.22. The predicted octanol–water partition coefficient (Wildman–Crippen LogP) is 2.81. The molecule has 0 bridgehead atoms. The number of carbonyl (C=O) groups is 1. The number of rotatable bonds is 4. The van der Waals surface area contributed by atoms with Crippen LogP contribution in [0.1, 0.15) is 31.2 Å². The number of carbonyl (C=O) groups excluding carboxylic acids is 1. The number of aryl methyl sites for hydroxylation is 1. The minimum Gasteiger partial charge on any atom is -0.325 e. The van der Waals surface area contributed by atoms with Gasteiger partial charge in [-0.3, -0.25) is 9.69 Å². The standard InChI is InChI=1S/C15H22N2O/c1-12-7-3-6-10-14(12)16-15(18)11-17(2)13-8-4-5-9-13/h3,6-7,10,13H,4-5,8-9,11H2,1-2H3,(H,16,18). The number of hydrogen-bond donors (Lipinski definition) is 1. The molecule has 98 valence electrons. The maximum absolute atomic E-state index is 12.0. The summed E-state index contributed by atoms with van der Waals surface area (Å²) >= 11 is 0. The Balaban J connectivity index is 1.86. The summed E-state index contributed by atoms with van der Waals surface area (Å²) in [5.41, 5.74) is 2.02. The van der Waals surface area contributed by atoms with Crippen LogP contribution in [0.25, 0.3) is 0 Å². The fourth-order valence-corrected chi connectivity index (χ4v) is 2.60. The number of amides is 1. The zero-order valence-corrected chi connectivity index (χ0v) is 11.3. The van der Waals surface area contributed by atoms with E-state index in [2.05, 4.69) is 10.2 Å². The van der Waals surface area contributed by atoms with Crippen LogP contribution in [-0.2, 0) is 4.79 Å². The van der Waals surface area contributed by atoms with Crippen molar-refractivity contribution in [2.24, 2.45) is 0 Å². The molecule has 0 radical (unpaired) electrons. The molecule has 1 fully saturated rings. The smallest absolute Gasteiger partial charge is 0.238 e. The van der Waals surface area contributed by atoms with E-state index < -0.39 is 0 Å². The van der Waals surface area contributed by atoms with Crippen LogP contribution in [0.5, 0.6) is 0 Å². The van der Waals surface area contributed by atoms with Gasteiger partial charge in [0.25, 0.3) is 0 Å². The van der Waals surface area contributed by atoms with Gasteiger partial charge in [0.1, 0.15) is 0 Å². The van der Waals surface area contributed by atoms with E-state index in [4.69, 9.17) is 0 Å². The van der Waals surface area contributed by atoms with Gasteiger partial charge in [-0.15, -0.1) is 0 Å². The van der Waals surface area contributed by atoms with E-state index in [-0.39, 0.29) is 5.91 Å². The molecular formula is C15H22N2O. The number of para-hydroxylation sites is 1. The Labute approximate surface area is 109 Å². The highest BCUT2D eigenvalue weighted by Gasteiger charge is 2.21. The van der Waals surface area contributed by atoms with Crippen LogP contribution in [0, 0.1) is 6.92 Å². The maximum Gasteiger partial charge on any atom is 0.238 e. The number of anilines is 1. The molecule has 0 spiro atoms. The van der Waals surface area contributed by atoms with Crippen molar-refractivity contribution < 1.29 is 4.79 Å². The van der Waals surface area contributed by atoms with E-state index >= 15 is 0 Å². The summed E-state index contributed by atoms with van der Waals surface area (Å²) < 4.78 is 0. The Morgan fingerprint density at radius 3 is 2.67 bits per heavy atom. The molecular weight excluding hydrogens is 224 g/mol. The summed E-state index contributed by atoms with van der Waals surface area (Å²) in [4.78, 5) is 14.2. The summed E-state index contributed by atoms with van der Waals surface area (Å²) in [7, 11) is 2.05. The average molecular weight is 246 g/mol. The van der Waals surface area contributed by atoms with Crippen LogP contribution in [0.15, 0.2) is 24.3 Å². The van der Waals surface area contributed by atoms with E-state index in [1.165, 1.54) is 25.7 Å². The van der Waals surface area contributed by atoms with Crippen LogP contribution >= 0.6 is 0 Å². The van der Waals surface area contributed by atoms with Gasteiger partial charge in [0.05, 0.1) is 6.54 Å². The lowest BCUT2D eigenvalue weighted by molar-refractivity contribution is -0.117. The van der Waals surface area contributed by atoms with Gasteiger partial charge in [0.2, 0.25) is 5.91 Å². The Kier molecular flexibility index (Phi) is 4.37. The SMILES string of the molecule is Cc1ccccc1NC(=O)CN(C)C1CCCC1. The molecule has 0 saturated heterocycles. The van der Waals surface area contributed by atoms with Gasteiger partial charge in [-0.05, 0) is 38.4 Å². The molecule has 18 heavy (non-hydrogen) atoms. The van der Waals surface area contributed by atoms with Gasteiger partial charge in [-0.2, -0.15) is 0 Å². The van der Waals surface area contributed by atoms with Crippen LogP contribution < -0.4 is 5.32 Å². The number of nitrogens with zero attached hydrogens (tertiary/aromatic N) is 1. The molecule has 3 nitrogen and oxygen atoms in total. The van der Waals surface area contributed by atoms with E-state index in [0.717, 1.165) is 11.3 Å². The van der Waals surface area contributed by atoms with Crippen molar-refractivity contribution in [3.63, 3.8) is 0 Å². The third kappa shape index (κ3) is 3.33. The molecule has 1 aromatic carbocycles. The van der Waals surface area contributed by atoms with Gasteiger partial charge < -0.3 is 5.32 Å². The summed E-state index contributed by atoms with van der Waals surface area (Å²) in [6, 6.07) is 8.48. The van der Waals surface area contributed by atoms with Crippen molar-refractivity contribution in [3.8, 4) is 0 Å². The Morgan fingerprint density at radius 1 is 1.33 bits per heavy atom. The molecule has 1 saturated carbocycles. The van der Waals surface area contributed by atoms with Gasteiger partial charge in [-0.1, -0.05) is 31.0 Å². The predicted molar refractivity (Wildman–Crippen MR) is 74.7 cm³/mol. The lowest BCUT2D eigenvalue weighted by atomic mass is 10.2. The molecule has 0 atom stereocenters. The van der Waals surface area contributed by atoms with Crippen molar-refractivity contribution in [2.45, 2.75) is 38.6 Å². The average Bonchev–Trinajstić information content (AvgIpc) is 2.85. The van der Waals surface area contributed by atoms with Gasteiger partial charge in [-0.25, -0.2) is 0 Å². The zero-order valence-electron chi connectivity index (χ0n) is 11.3. The van der Waals surface area contributed by atoms with Gasteiger partial charge in [0.15, 0.2) is 0 Å². The molecule has 1 N–H and O–H groups in total. The fraction of sp³-hybridized carbons (Fsp3) is 0.533. The third-order valence-corrected chi connectivity index (χ3v) is 3.76. The van der Waals surface area contributed by atoms with Crippen molar-refractivity contribution in [2.75, 3.05) is 18.9 Å². The normalized spacial score (nSPS) is 16.2. The highest BCUT2D eigenvalue weighted by molar-refractivity contribution is 5.92. The van der Waals surface area contributed by atoms with Crippen LogP contribution in [-0.4, -0.2) is 30.4 Å². The van der Waals surface area contributed by atoms with Crippen LogP contribution in [0.2, 0.25) is 0 Å². The first-order chi connectivity index (χ1) is 8.66. The van der Waals surface area contributed by atoms with Gasteiger partial charge in [0, 0.05) is 11.7 Å². The van der Waals surface area contributed by atoms with E-state index in [1.54, 1.807) is 0 Å². The fourth-order valence-electron chi connectivity index (χ4n) is 2.60. The lowest BCUT2D eigenvalue weighted by Gasteiger charge is -2.23. The molecule has 0 heterocycles. The molecule has 3 heteroatoms. The highest BCUT2D eigenvalue weighted by Crippen LogP contribution is 2.22. The molecule has 2 rings (SSSR count). The summed E-state index contributed by atoms with van der Waals surface area (Å²) in [6.07, 6.45) is 5.06. The molecule has 1 amide bonds. The van der Waals surface area contributed by atoms with Crippen molar-refractivity contribution in [3.05, 3.63) is 29.8 Å². The minimum atomic E-state index is 0.0821. The molecule has 1 aliphatic rings. The molecule has 0 aromatic heterocycles. The largest absolute Gasteiger partial charge is 0.325 e. The third-order valence-electron chi connectivity index (χ3n) is 3.76. The second-order valence-corrected chi connectivity index (χ2v) is 5.22. The van der Waals surface area contributed by atoms with Crippen molar-refractivity contribution in [1.29, 1.82) is 0 Å². The Morgan fingerprint density at radius 2 is 2.00 bits per heavy atom. The first kappa shape index (κ1) is 13.1. The van der Waals surface area contributed by atoms with Crippen molar-refractivity contribution >= 4 is 11.6 Å². The summed E-state index contributed by atoms with van der Waals surface area (Å²) in [5, 5.41) is 2.98. The highest BCUT2D eigenvalue weighted by atomic mass is 16.2. The van der Waals surface area contributed by atoms with E-state index in [1.807, 2.05) is 38.2 Å². The topological polar surface area (TPSA) is 32.3 Å². The molecule has 0 unspecified atom stereocenters. The lowest BCUT2D eigenvalue weighted by Crippen LogP contribution is -2.36. The monoisotopic (exact) mass is 246 g/mol. The van der Waals surface area contributed by atoms with E-state index in [9.17, 15) is 4.79 Å². The quantitative estimate of drug-likeness (QED) is 0.886. The number of hydrogen-bond acceptors (Lipinski definition) is 2. The van der Waals surface area contributed by atoms with Crippen molar-refractivity contribution in [1.82, 2.24) is 4.90 Å². The molecule has 1 aromatic rings. The first-order valence-electron chi connectivity index (χ1n) is 6.72. The number of likely N-dealkylation sites (N-methyl/N-ethyl adjacent to an activating group) is 1. The van der Waals surface area contributed by atoms with Crippen LogP contribution in [0.3, 0.4) is 0 Å². The molecule has 0 aliphatic heterocycles. The summed E-state index contributed by atoms with van der Waals surface area (Å²) in [5.74, 6) is 0.0821. The Bertz CT molecular complexity index is 411. The minimum absolute atomic E-state index is 0.0821. The Hall–Kier alpha value is -1.35.